The van der Waals surface area contributed by atoms with Crippen molar-refractivity contribution in [3.8, 4) is 11.4 Å². The van der Waals surface area contributed by atoms with Crippen LogP contribution in [-0.2, 0) is 19.5 Å². The summed E-state index contributed by atoms with van der Waals surface area (Å²) in [6, 6.07) is 16.2. The van der Waals surface area contributed by atoms with E-state index in [1.165, 1.54) is 0 Å². The van der Waals surface area contributed by atoms with E-state index in [9.17, 15) is 0 Å². The predicted molar refractivity (Wildman–Crippen MR) is 106 cm³/mol. The minimum atomic E-state index is 0.568. The van der Waals surface area contributed by atoms with Crippen LogP contribution in [0, 0.1) is 0 Å². The first-order valence-corrected chi connectivity index (χ1v) is 9.28. The third kappa shape index (κ3) is 3.61. The fraction of sp³-hybridized carbons (Fsp3) is 0.286. The van der Waals surface area contributed by atoms with Crippen molar-refractivity contribution in [2.45, 2.75) is 26.4 Å². The van der Waals surface area contributed by atoms with Gasteiger partial charge in [-0.05, 0) is 43.4 Å². The fourth-order valence-corrected chi connectivity index (χ4v) is 3.23. The first-order valence-electron chi connectivity index (χ1n) is 9.28. The Labute approximate surface area is 163 Å². The molecule has 0 bridgehead atoms. The second-order valence-electron chi connectivity index (χ2n) is 6.68. The molecule has 0 spiro atoms. The van der Waals surface area contributed by atoms with Crippen LogP contribution in [0.5, 0.6) is 5.75 Å². The lowest BCUT2D eigenvalue weighted by Gasteiger charge is -2.16. The summed E-state index contributed by atoms with van der Waals surface area (Å²) in [6.07, 6.45) is 0.764. The maximum atomic E-state index is 5.32. The molecular weight excluding hydrogens is 354 g/mol. The third-order valence-corrected chi connectivity index (χ3v) is 4.60. The second kappa shape index (κ2) is 7.82. The molecule has 0 atom stereocenters. The number of hydrogen-bond acceptors (Lipinski definition) is 6. The van der Waals surface area contributed by atoms with Gasteiger partial charge < -0.3 is 9.26 Å². The Bertz CT molecular complexity index is 1070. The number of rotatable bonds is 7. The summed E-state index contributed by atoms with van der Waals surface area (Å²) in [5.74, 6) is 3.12. The third-order valence-electron chi connectivity index (χ3n) is 4.60. The molecule has 0 aliphatic heterocycles. The summed E-state index contributed by atoms with van der Waals surface area (Å²) in [5.41, 5.74) is 3.08. The van der Waals surface area contributed by atoms with Crippen molar-refractivity contribution in [2.75, 3.05) is 14.2 Å². The largest absolute Gasteiger partial charge is 0.497 e. The van der Waals surface area contributed by atoms with Crippen molar-refractivity contribution >= 4 is 11.0 Å². The molecule has 4 aromatic rings. The van der Waals surface area contributed by atoms with E-state index in [1.807, 2.05) is 56.4 Å². The molecule has 2 aromatic heterocycles. The summed E-state index contributed by atoms with van der Waals surface area (Å²) < 4.78 is 12.8. The van der Waals surface area contributed by atoms with Crippen LogP contribution in [0.2, 0.25) is 0 Å². The van der Waals surface area contributed by atoms with Gasteiger partial charge in [0.25, 0.3) is 0 Å². The number of nitrogens with zero attached hydrogens (tertiary/aromatic N) is 5. The Balaban J connectivity index is 1.65. The van der Waals surface area contributed by atoms with Crippen LogP contribution in [0.4, 0.5) is 0 Å². The molecule has 0 aliphatic carbocycles. The topological polar surface area (TPSA) is 69.2 Å². The lowest BCUT2D eigenvalue weighted by Crippen LogP contribution is -2.20. The van der Waals surface area contributed by atoms with Crippen molar-refractivity contribution < 1.29 is 9.26 Å². The van der Waals surface area contributed by atoms with E-state index in [4.69, 9.17) is 14.2 Å². The van der Waals surface area contributed by atoms with Gasteiger partial charge in [-0.2, -0.15) is 4.98 Å². The number of hydrogen-bond donors (Lipinski definition) is 0. The van der Waals surface area contributed by atoms with Crippen LogP contribution in [0.1, 0.15) is 24.5 Å². The van der Waals surface area contributed by atoms with Crippen LogP contribution in [0.15, 0.2) is 53.1 Å². The summed E-state index contributed by atoms with van der Waals surface area (Å²) >= 11 is 0. The number of aryl methyl sites for hydroxylation is 1. The average molecular weight is 377 g/mol. The summed E-state index contributed by atoms with van der Waals surface area (Å²) in [7, 11) is 3.69. The van der Waals surface area contributed by atoms with Gasteiger partial charge in [-0.25, -0.2) is 4.98 Å². The van der Waals surface area contributed by atoms with E-state index in [1.54, 1.807) is 7.11 Å². The van der Waals surface area contributed by atoms with E-state index in [0.29, 0.717) is 19.0 Å². The van der Waals surface area contributed by atoms with Gasteiger partial charge in [-0.1, -0.05) is 24.2 Å². The number of ether oxygens (including phenoxy) is 1. The highest BCUT2D eigenvalue weighted by Crippen LogP contribution is 2.24. The summed E-state index contributed by atoms with van der Waals surface area (Å²) in [6.45, 7) is 3.22. The predicted octanol–water partition coefficient (Wildman–Crippen LogP) is 3.61. The molecule has 7 nitrogen and oxygen atoms in total. The zero-order valence-electron chi connectivity index (χ0n) is 16.3. The molecular formula is C21H23N5O2. The minimum absolute atomic E-state index is 0.568. The molecule has 2 heterocycles. The zero-order chi connectivity index (χ0) is 19.5. The highest BCUT2D eigenvalue weighted by molar-refractivity contribution is 5.78. The van der Waals surface area contributed by atoms with E-state index < -0.39 is 0 Å². The number of aromatic nitrogens is 4. The molecule has 0 fully saturated rings. The molecule has 0 saturated heterocycles. The monoisotopic (exact) mass is 377 g/mol. The van der Waals surface area contributed by atoms with Gasteiger partial charge in [0, 0.05) is 12.1 Å². The molecule has 0 radical (unpaired) electrons. The molecule has 28 heavy (non-hydrogen) atoms. The molecule has 2 aromatic carbocycles. The van der Waals surface area contributed by atoms with E-state index >= 15 is 0 Å². The SMILES string of the molecule is CCc1noc(CN(C)Cc2nc3ccccc3n2-c2ccc(OC)cc2)n1. The second-order valence-corrected chi connectivity index (χ2v) is 6.68. The molecule has 0 N–H and O–H groups in total. The lowest BCUT2D eigenvalue weighted by atomic mass is 10.2. The normalized spacial score (nSPS) is 11.4. The van der Waals surface area contributed by atoms with Crippen molar-refractivity contribution in [1.29, 1.82) is 0 Å². The van der Waals surface area contributed by atoms with Crippen LogP contribution < -0.4 is 4.74 Å². The Kier molecular flexibility index (Phi) is 5.08. The number of methoxy groups -OCH3 is 1. The van der Waals surface area contributed by atoms with E-state index in [-0.39, 0.29) is 0 Å². The van der Waals surface area contributed by atoms with Crippen LogP contribution >= 0.6 is 0 Å². The Morgan fingerprint density at radius 3 is 2.54 bits per heavy atom. The van der Waals surface area contributed by atoms with Crippen molar-refractivity contribution in [3.05, 3.63) is 66.1 Å². The molecule has 0 aliphatic rings. The Morgan fingerprint density at radius 1 is 1.04 bits per heavy atom. The van der Waals surface area contributed by atoms with Crippen LogP contribution in [0.25, 0.3) is 16.7 Å². The number of fused-ring (bicyclic) bond motifs is 1. The van der Waals surface area contributed by atoms with Gasteiger partial charge in [0.2, 0.25) is 5.89 Å². The highest BCUT2D eigenvalue weighted by Gasteiger charge is 2.16. The Hall–Kier alpha value is -3.19. The first kappa shape index (κ1) is 18.2. The maximum absolute atomic E-state index is 5.32. The van der Waals surface area contributed by atoms with Crippen molar-refractivity contribution in [2.24, 2.45) is 0 Å². The van der Waals surface area contributed by atoms with Gasteiger partial charge in [-0.3, -0.25) is 9.47 Å². The van der Waals surface area contributed by atoms with Gasteiger partial charge in [0.05, 0.1) is 31.2 Å². The van der Waals surface area contributed by atoms with Crippen LogP contribution in [0.3, 0.4) is 0 Å². The first-order chi connectivity index (χ1) is 13.7. The average Bonchev–Trinajstić information content (AvgIpc) is 3.31. The molecule has 0 unspecified atom stereocenters. The standard InChI is InChI=1S/C21H23N5O2/c1-4-19-23-21(28-24-19)14-25(2)13-20-22-17-7-5-6-8-18(17)26(20)15-9-11-16(27-3)12-10-15/h5-12H,4,13-14H2,1-3H3. The number of para-hydroxylation sites is 2. The zero-order valence-corrected chi connectivity index (χ0v) is 16.3. The smallest absolute Gasteiger partial charge is 0.240 e. The molecule has 0 saturated carbocycles. The van der Waals surface area contributed by atoms with Crippen LogP contribution in [-0.4, -0.2) is 38.7 Å². The maximum Gasteiger partial charge on any atom is 0.240 e. The quantitative estimate of drug-likeness (QED) is 0.490. The number of imidazole rings is 1. The van der Waals surface area contributed by atoms with Gasteiger partial charge in [-0.15, -0.1) is 0 Å². The van der Waals surface area contributed by atoms with Crippen molar-refractivity contribution in [3.63, 3.8) is 0 Å². The minimum Gasteiger partial charge on any atom is -0.497 e. The van der Waals surface area contributed by atoms with Gasteiger partial charge in [0.15, 0.2) is 5.82 Å². The Morgan fingerprint density at radius 2 is 1.82 bits per heavy atom. The lowest BCUT2D eigenvalue weighted by molar-refractivity contribution is 0.255. The van der Waals surface area contributed by atoms with Crippen molar-refractivity contribution in [1.82, 2.24) is 24.6 Å². The summed E-state index contributed by atoms with van der Waals surface area (Å²) in [4.78, 5) is 11.4. The van der Waals surface area contributed by atoms with Gasteiger partial charge in [0.1, 0.15) is 11.6 Å². The molecule has 7 heteroatoms. The fourth-order valence-electron chi connectivity index (χ4n) is 3.23. The highest BCUT2D eigenvalue weighted by atomic mass is 16.5. The van der Waals surface area contributed by atoms with E-state index in [2.05, 4.69) is 25.7 Å². The summed E-state index contributed by atoms with van der Waals surface area (Å²) in [5, 5.41) is 3.97. The number of benzene rings is 2. The molecule has 144 valence electrons. The van der Waals surface area contributed by atoms with Gasteiger partial charge >= 0.3 is 0 Å². The van der Waals surface area contributed by atoms with E-state index in [0.717, 1.165) is 40.5 Å². The molecule has 4 rings (SSSR count). The molecule has 0 amide bonds.